The van der Waals surface area contributed by atoms with Crippen LogP contribution in [0.15, 0.2) is 42.1 Å². The van der Waals surface area contributed by atoms with Gasteiger partial charge in [-0.25, -0.2) is 4.79 Å². The summed E-state index contributed by atoms with van der Waals surface area (Å²) in [6.45, 7) is 1.40. The average Bonchev–Trinajstić information content (AvgIpc) is 2.41. The van der Waals surface area contributed by atoms with Crippen LogP contribution in [0.25, 0.3) is 0 Å². The molecule has 1 aromatic carbocycles. The fraction of sp³-hybridized carbons (Fsp3) is 0.357. The molecule has 1 saturated heterocycles. The summed E-state index contributed by atoms with van der Waals surface area (Å²) in [4.78, 5) is 13.9. The minimum absolute atomic E-state index is 0.170. The van der Waals surface area contributed by atoms with Crippen LogP contribution in [0.2, 0.25) is 0 Å². The Morgan fingerprint density at radius 2 is 2.06 bits per heavy atom. The molecule has 0 bridgehead atoms. The molecule has 0 saturated carbocycles. The molecule has 2 heterocycles. The van der Waals surface area contributed by atoms with E-state index in [4.69, 9.17) is 4.74 Å². The molecule has 3 rings (SSSR count). The Morgan fingerprint density at radius 1 is 1.24 bits per heavy atom. The van der Waals surface area contributed by atoms with Crippen molar-refractivity contribution in [1.29, 1.82) is 0 Å². The first-order chi connectivity index (χ1) is 8.36. The molecule has 0 aromatic heterocycles. The van der Waals surface area contributed by atoms with Gasteiger partial charge in [0.25, 0.3) is 0 Å². The van der Waals surface area contributed by atoms with E-state index in [1.54, 1.807) is 0 Å². The van der Waals surface area contributed by atoms with Crippen LogP contribution in [0.5, 0.6) is 0 Å². The maximum absolute atomic E-state index is 11.7. The highest BCUT2D eigenvalue weighted by molar-refractivity contribution is 5.88. The number of fused-ring (bicyclic) bond motifs is 1. The lowest BCUT2D eigenvalue weighted by atomic mass is 10.0. The first kappa shape index (κ1) is 10.4. The number of ether oxygens (including phenoxy) is 1. The normalized spacial score (nSPS) is 23.8. The molecule has 2 aliphatic heterocycles. The average molecular weight is 229 g/mol. The standard InChI is InChI=1S/C14H15NO2/c16-14-12-8-4-5-9-15(12)13(10-17-14)11-6-2-1-3-7-11/h1-3,6-8,13H,4-5,9-10H2. The van der Waals surface area contributed by atoms with Gasteiger partial charge in [0.2, 0.25) is 0 Å². The van der Waals surface area contributed by atoms with Gasteiger partial charge >= 0.3 is 5.97 Å². The Labute approximate surface area is 101 Å². The van der Waals surface area contributed by atoms with Gasteiger partial charge in [0.05, 0.1) is 6.04 Å². The fourth-order valence-electron chi connectivity index (χ4n) is 2.53. The van der Waals surface area contributed by atoms with Crippen LogP contribution in [0, 0.1) is 0 Å². The zero-order chi connectivity index (χ0) is 11.7. The number of morpholine rings is 1. The van der Waals surface area contributed by atoms with Crippen molar-refractivity contribution >= 4 is 5.97 Å². The molecule has 1 fully saturated rings. The summed E-state index contributed by atoms with van der Waals surface area (Å²) >= 11 is 0. The monoisotopic (exact) mass is 229 g/mol. The molecule has 1 unspecified atom stereocenters. The van der Waals surface area contributed by atoms with E-state index < -0.39 is 0 Å². The molecule has 1 atom stereocenters. The van der Waals surface area contributed by atoms with Gasteiger partial charge in [0.15, 0.2) is 0 Å². The van der Waals surface area contributed by atoms with Crippen LogP contribution in [0.4, 0.5) is 0 Å². The van der Waals surface area contributed by atoms with Crippen molar-refractivity contribution in [2.75, 3.05) is 13.2 Å². The third kappa shape index (κ3) is 1.82. The molecule has 3 nitrogen and oxygen atoms in total. The molecule has 0 aliphatic carbocycles. The van der Waals surface area contributed by atoms with E-state index in [-0.39, 0.29) is 12.0 Å². The van der Waals surface area contributed by atoms with Crippen molar-refractivity contribution in [3.8, 4) is 0 Å². The SMILES string of the molecule is O=C1OCC(c2ccccc2)N2CCCC=C12. The molecule has 88 valence electrons. The van der Waals surface area contributed by atoms with Gasteiger partial charge < -0.3 is 9.64 Å². The Morgan fingerprint density at radius 3 is 2.88 bits per heavy atom. The topological polar surface area (TPSA) is 29.5 Å². The second-order valence-corrected chi connectivity index (χ2v) is 4.45. The highest BCUT2D eigenvalue weighted by atomic mass is 16.5. The number of benzene rings is 1. The van der Waals surface area contributed by atoms with Crippen molar-refractivity contribution in [2.45, 2.75) is 18.9 Å². The highest BCUT2D eigenvalue weighted by Crippen LogP contribution is 2.32. The third-order valence-electron chi connectivity index (χ3n) is 3.39. The molecule has 1 aromatic rings. The van der Waals surface area contributed by atoms with Gasteiger partial charge in [0.1, 0.15) is 12.3 Å². The van der Waals surface area contributed by atoms with E-state index in [1.807, 2.05) is 24.3 Å². The second kappa shape index (κ2) is 4.24. The zero-order valence-electron chi connectivity index (χ0n) is 9.63. The van der Waals surface area contributed by atoms with Gasteiger partial charge in [-0.3, -0.25) is 0 Å². The van der Waals surface area contributed by atoms with E-state index in [0.29, 0.717) is 6.61 Å². The van der Waals surface area contributed by atoms with Gasteiger partial charge in [-0.15, -0.1) is 0 Å². The molecular formula is C14H15NO2. The van der Waals surface area contributed by atoms with E-state index in [0.717, 1.165) is 25.1 Å². The summed E-state index contributed by atoms with van der Waals surface area (Å²) in [5.74, 6) is -0.170. The number of nitrogens with zero attached hydrogens (tertiary/aromatic N) is 1. The van der Waals surface area contributed by atoms with Gasteiger partial charge in [-0.2, -0.15) is 0 Å². The van der Waals surface area contributed by atoms with Gasteiger partial charge in [-0.1, -0.05) is 36.4 Å². The van der Waals surface area contributed by atoms with Crippen LogP contribution in [0.3, 0.4) is 0 Å². The zero-order valence-corrected chi connectivity index (χ0v) is 9.63. The van der Waals surface area contributed by atoms with Crippen LogP contribution < -0.4 is 0 Å². The Balaban J connectivity index is 1.94. The summed E-state index contributed by atoms with van der Waals surface area (Å²) in [5, 5.41) is 0. The van der Waals surface area contributed by atoms with Crippen molar-refractivity contribution in [3.05, 3.63) is 47.7 Å². The molecule has 0 radical (unpaired) electrons. The van der Waals surface area contributed by atoms with Crippen molar-refractivity contribution in [1.82, 2.24) is 4.90 Å². The molecule has 17 heavy (non-hydrogen) atoms. The Bertz CT molecular complexity index is 453. The molecule has 0 spiro atoms. The summed E-state index contributed by atoms with van der Waals surface area (Å²) in [5.41, 5.74) is 1.96. The third-order valence-corrected chi connectivity index (χ3v) is 3.39. The largest absolute Gasteiger partial charge is 0.458 e. The van der Waals surface area contributed by atoms with Crippen molar-refractivity contribution < 1.29 is 9.53 Å². The number of rotatable bonds is 1. The summed E-state index contributed by atoms with van der Waals surface area (Å²) < 4.78 is 5.27. The number of cyclic esters (lactones) is 1. The fourth-order valence-corrected chi connectivity index (χ4v) is 2.53. The molecule has 0 N–H and O–H groups in total. The predicted octanol–water partition coefficient (Wildman–Crippen LogP) is 2.26. The predicted molar refractivity (Wildman–Crippen MR) is 64.2 cm³/mol. The maximum atomic E-state index is 11.7. The Hall–Kier alpha value is -1.77. The highest BCUT2D eigenvalue weighted by Gasteiger charge is 2.34. The lowest BCUT2D eigenvalue weighted by molar-refractivity contribution is -0.148. The van der Waals surface area contributed by atoms with E-state index >= 15 is 0 Å². The summed E-state index contributed by atoms with van der Waals surface area (Å²) in [6, 6.07) is 10.4. The second-order valence-electron chi connectivity index (χ2n) is 4.45. The number of carbonyl (C=O) groups excluding carboxylic acids is 1. The lowest BCUT2D eigenvalue weighted by Crippen LogP contribution is -2.42. The van der Waals surface area contributed by atoms with Crippen LogP contribution in [-0.2, 0) is 9.53 Å². The van der Waals surface area contributed by atoms with Crippen molar-refractivity contribution in [2.24, 2.45) is 0 Å². The number of hydrogen-bond acceptors (Lipinski definition) is 3. The van der Waals surface area contributed by atoms with Crippen LogP contribution >= 0.6 is 0 Å². The number of esters is 1. The van der Waals surface area contributed by atoms with Gasteiger partial charge in [0, 0.05) is 6.54 Å². The van der Waals surface area contributed by atoms with E-state index in [1.165, 1.54) is 5.56 Å². The van der Waals surface area contributed by atoms with Crippen LogP contribution in [0.1, 0.15) is 24.4 Å². The summed E-state index contributed by atoms with van der Waals surface area (Å²) in [7, 11) is 0. The molecule has 0 amide bonds. The Kier molecular flexibility index (Phi) is 2.59. The number of allylic oxidation sites excluding steroid dienone is 1. The maximum Gasteiger partial charge on any atom is 0.354 e. The molecular weight excluding hydrogens is 214 g/mol. The number of hydrogen-bond donors (Lipinski definition) is 0. The van der Waals surface area contributed by atoms with E-state index in [9.17, 15) is 4.79 Å². The molecule has 3 heteroatoms. The number of carbonyl (C=O) groups is 1. The first-order valence-corrected chi connectivity index (χ1v) is 6.05. The first-order valence-electron chi connectivity index (χ1n) is 6.05. The minimum Gasteiger partial charge on any atom is -0.458 e. The lowest BCUT2D eigenvalue weighted by Gasteiger charge is -2.40. The minimum atomic E-state index is -0.170. The van der Waals surface area contributed by atoms with Gasteiger partial charge in [-0.05, 0) is 18.4 Å². The van der Waals surface area contributed by atoms with Crippen LogP contribution in [-0.4, -0.2) is 24.0 Å². The molecule has 2 aliphatic rings. The van der Waals surface area contributed by atoms with Crippen molar-refractivity contribution in [3.63, 3.8) is 0 Å². The summed E-state index contributed by atoms with van der Waals surface area (Å²) in [6.07, 6.45) is 4.09. The smallest absolute Gasteiger partial charge is 0.354 e. The van der Waals surface area contributed by atoms with E-state index in [2.05, 4.69) is 17.0 Å². The quantitative estimate of drug-likeness (QED) is 0.692.